The van der Waals surface area contributed by atoms with Gasteiger partial charge in [0.25, 0.3) is 5.56 Å². The zero-order valence-electron chi connectivity index (χ0n) is 10.4. The Morgan fingerprint density at radius 3 is 2.55 bits per heavy atom. The average Bonchev–Trinajstić information content (AvgIpc) is 2.37. The number of aromatic nitrogens is 1. The Balaban J connectivity index is 2.79. The minimum atomic E-state index is -4.53. The van der Waals surface area contributed by atoms with Gasteiger partial charge in [-0.25, -0.2) is 4.79 Å². The Bertz CT molecular complexity index is 566. The van der Waals surface area contributed by atoms with Crippen molar-refractivity contribution in [1.29, 1.82) is 0 Å². The molecule has 1 N–H and O–H groups in total. The predicted octanol–water partition coefficient (Wildman–Crippen LogP) is 0.313. The summed E-state index contributed by atoms with van der Waals surface area (Å²) in [5, 5.41) is 1.62. The highest BCUT2D eigenvalue weighted by molar-refractivity contribution is 5.88. The molecule has 1 aromatic heterocycles. The molecule has 6 nitrogen and oxygen atoms in total. The second-order valence-electron chi connectivity index (χ2n) is 3.77. The van der Waals surface area contributed by atoms with E-state index in [1.165, 1.54) is 6.07 Å². The fraction of sp³-hybridized carbons (Fsp3) is 0.364. The highest BCUT2D eigenvalue weighted by Gasteiger charge is 2.27. The molecular weight excluding hydrogens is 281 g/mol. The van der Waals surface area contributed by atoms with E-state index in [1.54, 1.807) is 5.32 Å². The van der Waals surface area contributed by atoms with Crippen LogP contribution in [0.25, 0.3) is 0 Å². The van der Waals surface area contributed by atoms with Crippen molar-refractivity contribution in [2.75, 3.05) is 13.7 Å². The van der Waals surface area contributed by atoms with Gasteiger partial charge < -0.3 is 14.6 Å². The third-order valence-corrected chi connectivity index (χ3v) is 2.20. The van der Waals surface area contributed by atoms with Gasteiger partial charge in [0.15, 0.2) is 0 Å². The first-order chi connectivity index (χ1) is 9.23. The van der Waals surface area contributed by atoms with Crippen LogP contribution in [0.1, 0.15) is 10.4 Å². The standard InChI is InChI=1S/C11H11F3N2O4/c1-20-10(19)7-2-3-9(18)16(4-7)5-8(17)15-6-11(12,13)14/h2-4H,5-6H2,1H3,(H,15,17). The van der Waals surface area contributed by atoms with Gasteiger partial charge in [-0.3, -0.25) is 9.59 Å². The van der Waals surface area contributed by atoms with E-state index < -0.39 is 36.7 Å². The number of ether oxygens (including phenoxy) is 1. The maximum Gasteiger partial charge on any atom is 0.405 e. The highest BCUT2D eigenvalue weighted by Crippen LogP contribution is 2.12. The third-order valence-electron chi connectivity index (χ3n) is 2.20. The lowest BCUT2D eigenvalue weighted by molar-refractivity contribution is -0.138. The van der Waals surface area contributed by atoms with Gasteiger partial charge in [0.05, 0.1) is 12.7 Å². The summed E-state index contributed by atoms with van der Waals surface area (Å²) < 4.78 is 41.0. The summed E-state index contributed by atoms with van der Waals surface area (Å²) in [4.78, 5) is 33.9. The number of carbonyl (C=O) groups excluding carboxylic acids is 2. The summed E-state index contributed by atoms with van der Waals surface area (Å²) in [7, 11) is 1.13. The van der Waals surface area contributed by atoms with Crippen LogP contribution in [-0.4, -0.2) is 36.3 Å². The molecule has 0 aliphatic heterocycles. The number of rotatable bonds is 4. The number of alkyl halides is 3. The Morgan fingerprint density at radius 1 is 1.35 bits per heavy atom. The summed E-state index contributed by atoms with van der Waals surface area (Å²) >= 11 is 0. The smallest absolute Gasteiger partial charge is 0.405 e. The van der Waals surface area contributed by atoms with Crippen molar-refractivity contribution in [2.45, 2.75) is 12.7 Å². The zero-order valence-corrected chi connectivity index (χ0v) is 10.4. The maximum atomic E-state index is 11.9. The van der Waals surface area contributed by atoms with E-state index in [1.807, 2.05) is 0 Å². The van der Waals surface area contributed by atoms with Crippen molar-refractivity contribution in [3.63, 3.8) is 0 Å². The van der Waals surface area contributed by atoms with Crippen molar-refractivity contribution >= 4 is 11.9 Å². The number of amides is 1. The molecule has 110 valence electrons. The molecule has 9 heteroatoms. The monoisotopic (exact) mass is 292 g/mol. The summed E-state index contributed by atoms with van der Waals surface area (Å²) in [6.45, 7) is -2.11. The number of hydrogen-bond donors (Lipinski definition) is 1. The summed E-state index contributed by atoms with van der Waals surface area (Å²) in [6, 6.07) is 2.21. The minimum absolute atomic E-state index is 0.00993. The number of carbonyl (C=O) groups is 2. The molecule has 0 saturated heterocycles. The number of nitrogens with one attached hydrogen (secondary N) is 1. The molecule has 1 heterocycles. The zero-order chi connectivity index (χ0) is 15.3. The first-order valence-corrected chi connectivity index (χ1v) is 5.35. The van der Waals surface area contributed by atoms with Crippen molar-refractivity contribution in [3.8, 4) is 0 Å². The summed E-state index contributed by atoms with van der Waals surface area (Å²) in [5.74, 6) is -1.72. The molecular formula is C11H11F3N2O4. The lowest BCUT2D eigenvalue weighted by atomic mass is 10.3. The van der Waals surface area contributed by atoms with E-state index in [4.69, 9.17) is 0 Å². The largest absolute Gasteiger partial charge is 0.465 e. The van der Waals surface area contributed by atoms with Crippen molar-refractivity contribution in [2.24, 2.45) is 0 Å². The fourth-order valence-electron chi connectivity index (χ4n) is 1.30. The third kappa shape index (κ3) is 4.75. The van der Waals surface area contributed by atoms with E-state index >= 15 is 0 Å². The van der Waals surface area contributed by atoms with Gasteiger partial charge in [-0.2, -0.15) is 13.2 Å². The van der Waals surface area contributed by atoms with E-state index in [2.05, 4.69) is 4.74 Å². The number of nitrogens with zero attached hydrogens (tertiary/aromatic N) is 1. The van der Waals surface area contributed by atoms with Crippen molar-refractivity contribution < 1.29 is 27.5 Å². The first kappa shape index (κ1) is 15.7. The summed E-state index contributed by atoms with van der Waals surface area (Å²) in [6.07, 6.45) is -3.49. The highest BCUT2D eigenvalue weighted by atomic mass is 19.4. The van der Waals surface area contributed by atoms with Gasteiger partial charge in [-0.05, 0) is 6.07 Å². The molecule has 20 heavy (non-hydrogen) atoms. The second-order valence-corrected chi connectivity index (χ2v) is 3.77. The van der Waals surface area contributed by atoms with E-state index in [-0.39, 0.29) is 5.56 Å². The van der Waals surface area contributed by atoms with Crippen LogP contribution >= 0.6 is 0 Å². The molecule has 0 radical (unpaired) electrons. The van der Waals surface area contributed by atoms with Crippen molar-refractivity contribution in [3.05, 3.63) is 34.2 Å². The Hall–Kier alpha value is -2.32. The lowest BCUT2D eigenvalue weighted by Gasteiger charge is -2.10. The molecule has 0 fully saturated rings. The average molecular weight is 292 g/mol. The van der Waals surface area contributed by atoms with E-state index in [9.17, 15) is 27.6 Å². The van der Waals surface area contributed by atoms with E-state index in [0.717, 1.165) is 23.9 Å². The summed E-state index contributed by atoms with van der Waals surface area (Å²) in [5.41, 5.74) is -0.615. The molecule has 0 aliphatic carbocycles. The quantitative estimate of drug-likeness (QED) is 0.810. The Kier molecular flexibility index (Phi) is 4.89. The Labute approximate surface area is 111 Å². The predicted molar refractivity (Wildman–Crippen MR) is 61.1 cm³/mol. The minimum Gasteiger partial charge on any atom is -0.465 e. The van der Waals surface area contributed by atoms with Crippen molar-refractivity contribution in [1.82, 2.24) is 9.88 Å². The van der Waals surface area contributed by atoms with Crippen LogP contribution in [0.15, 0.2) is 23.1 Å². The molecule has 0 atom stereocenters. The molecule has 0 unspecified atom stereocenters. The normalized spacial score (nSPS) is 11.0. The number of halogens is 3. The van der Waals surface area contributed by atoms with Gasteiger partial charge in [-0.15, -0.1) is 0 Å². The number of methoxy groups -OCH3 is 1. The van der Waals surface area contributed by atoms with Crippen LogP contribution in [0, 0.1) is 0 Å². The number of hydrogen-bond acceptors (Lipinski definition) is 4. The Morgan fingerprint density at radius 2 is 2.00 bits per heavy atom. The lowest BCUT2D eigenvalue weighted by Crippen LogP contribution is -2.37. The number of pyridine rings is 1. The van der Waals surface area contributed by atoms with Crippen LogP contribution in [-0.2, 0) is 16.1 Å². The molecule has 1 rings (SSSR count). The van der Waals surface area contributed by atoms with Crippen LogP contribution in [0.2, 0.25) is 0 Å². The first-order valence-electron chi connectivity index (χ1n) is 5.35. The molecule has 0 aliphatic rings. The van der Waals surface area contributed by atoms with Crippen LogP contribution < -0.4 is 10.9 Å². The van der Waals surface area contributed by atoms with Gasteiger partial charge in [-0.1, -0.05) is 0 Å². The van der Waals surface area contributed by atoms with Gasteiger partial charge in [0.1, 0.15) is 13.1 Å². The molecule has 1 aromatic rings. The molecule has 0 saturated carbocycles. The van der Waals surface area contributed by atoms with Crippen LogP contribution in [0.3, 0.4) is 0 Å². The van der Waals surface area contributed by atoms with Gasteiger partial charge in [0.2, 0.25) is 5.91 Å². The topological polar surface area (TPSA) is 77.4 Å². The van der Waals surface area contributed by atoms with Gasteiger partial charge >= 0.3 is 12.1 Å². The van der Waals surface area contributed by atoms with Crippen LogP contribution in [0.4, 0.5) is 13.2 Å². The molecule has 0 bridgehead atoms. The molecule has 1 amide bonds. The maximum absolute atomic E-state index is 11.9. The molecule has 0 aromatic carbocycles. The van der Waals surface area contributed by atoms with Gasteiger partial charge in [0, 0.05) is 12.3 Å². The SMILES string of the molecule is COC(=O)c1ccc(=O)n(CC(=O)NCC(F)(F)F)c1. The molecule has 0 spiro atoms. The second kappa shape index (κ2) is 6.22. The fourth-order valence-corrected chi connectivity index (χ4v) is 1.30. The number of esters is 1. The van der Waals surface area contributed by atoms with Crippen LogP contribution in [0.5, 0.6) is 0 Å². The van der Waals surface area contributed by atoms with E-state index in [0.29, 0.717) is 0 Å².